The second-order valence-electron chi connectivity index (χ2n) is 12.0. The number of aromatic hydroxyl groups is 1. The van der Waals surface area contributed by atoms with Gasteiger partial charge in [-0.05, 0) is 63.1 Å². The first-order chi connectivity index (χ1) is 18.6. The Morgan fingerprint density at radius 1 is 0.783 bits per heavy atom. The third-order valence-corrected chi connectivity index (χ3v) is 8.59. The first kappa shape index (κ1) is 62.9. The lowest BCUT2D eigenvalue weighted by Crippen LogP contribution is -2.27. The number of benzene rings is 1. The number of ether oxygens (including phenoxy) is 4. The van der Waals surface area contributed by atoms with E-state index < -0.39 is 13.5 Å². The zero-order valence-electron chi connectivity index (χ0n) is 27.4. The van der Waals surface area contributed by atoms with Crippen molar-refractivity contribution in [1.82, 2.24) is 0 Å². The maximum Gasteiger partial charge on any atom is 0.311 e. The van der Waals surface area contributed by atoms with E-state index in [-0.39, 0.29) is 62.4 Å². The molecule has 1 aromatic carbocycles. The number of hydrogen-bond donors (Lipinski definition) is 1. The van der Waals surface area contributed by atoms with Gasteiger partial charge in [-0.25, -0.2) is 0 Å². The van der Waals surface area contributed by atoms with Crippen LogP contribution in [0.1, 0.15) is 130 Å². The summed E-state index contributed by atoms with van der Waals surface area (Å²) in [6.07, 6.45) is 3.81. The van der Waals surface area contributed by atoms with E-state index in [0.29, 0.717) is 44.7 Å². The normalized spacial score (nSPS) is 11.0. The third-order valence-electron chi connectivity index (χ3n) is 6.73. The number of esters is 2. The maximum absolute atomic E-state index is 11.5. The van der Waals surface area contributed by atoms with E-state index in [1.165, 1.54) is 11.6 Å². The van der Waals surface area contributed by atoms with Gasteiger partial charge >= 0.3 is 11.9 Å². The van der Waals surface area contributed by atoms with Crippen molar-refractivity contribution in [3.05, 3.63) is 29.8 Å². The number of carbonyl (C=O) groups is 2. The molecule has 2 atom stereocenters. The maximum atomic E-state index is 11.5. The molecule has 0 bridgehead atoms. The SMILES string of the molecule is C.C.C.C.C.C.CCC(C)(C)C(=O)OCCOCCOC.CCC(C)C(=O)OCCC[Si](C)(C)C.CCC(C)c1ccc(O)cc1. The van der Waals surface area contributed by atoms with Crippen LogP contribution in [0.25, 0.3) is 0 Å². The number of hydrogen-bond acceptors (Lipinski definition) is 7. The second kappa shape index (κ2) is 35.9. The average molecular weight is 681 g/mol. The predicted octanol–water partition coefficient (Wildman–Crippen LogP) is 11.7. The minimum absolute atomic E-state index is 0. The quantitative estimate of drug-likeness (QED) is 0.105. The van der Waals surface area contributed by atoms with Gasteiger partial charge in [0.05, 0.1) is 37.8 Å². The highest BCUT2D eigenvalue weighted by molar-refractivity contribution is 6.76. The van der Waals surface area contributed by atoms with Crippen LogP contribution in [0.5, 0.6) is 5.75 Å². The molecule has 0 fully saturated rings. The largest absolute Gasteiger partial charge is 0.508 e. The molecule has 0 radical (unpaired) electrons. The van der Waals surface area contributed by atoms with Gasteiger partial charge in [-0.15, -0.1) is 0 Å². The molecule has 0 amide bonds. The summed E-state index contributed by atoms with van der Waals surface area (Å²) in [4.78, 5) is 22.8. The summed E-state index contributed by atoms with van der Waals surface area (Å²) in [6, 6.07) is 8.66. The Hall–Kier alpha value is -1.90. The lowest BCUT2D eigenvalue weighted by molar-refractivity contribution is -0.155. The molecule has 2 unspecified atom stereocenters. The number of phenols is 1. The Balaban J connectivity index is -0.0000000742. The van der Waals surface area contributed by atoms with Gasteiger partial charge in [0, 0.05) is 15.2 Å². The molecule has 46 heavy (non-hydrogen) atoms. The van der Waals surface area contributed by atoms with Crippen molar-refractivity contribution in [2.45, 2.75) is 150 Å². The lowest BCUT2D eigenvalue weighted by Gasteiger charge is -2.20. The van der Waals surface area contributed by atoms with E-state index in [0.717, 1.165) is 25.7 Å². The summed E-state index contributed by atoms with van der Waals surface area (Å²) in [6.45, 7) is 23.4. The first-order valence-corrected chi connectivity index (χ1v) is 18.5. The van der Waals surface area contributed by atoms with E-state index in [1.807, 2.05) is 46.8 Å². The monoisotopic (exact) mass is 681 g/mol. The molecule has 0 aliphatic rings. The molecular weight excluding hydrogens is 596 g/mol. The van der Waals surface area contributed by atoms with E-state index >= 15 is 0 Å². The smallest absolute Gasteiger partial charge is 0.311 e. The Morgan fingerprint density at radius 3 is 1.70 bits per heavy atom. The third kappa shape index (κ3) is 35.0. The number of phenolic OH excluding ortho intramolecular Hbond substituents is 1. The van der Waals surface area contributed by atoms with Gasteiger partial charge in [0.2, 0.25) is 0 Å². The molecule has 1 aromatic rings. The molecule has 1 N–H and O–H groups in total. The van der Waals surface area contributed by atoms with Crippen LogP contribution in [-0.4, -0.2) is 65.3 Å². The highest BCUT2D eigenvalue weighted by Gasteiger charge is 2.26. The van der Waals surface area contributed by atoms with Crippen molar-refractivity contribution in [3.63, 3.8) is 0 Å². The molecule has 0 saturated carbocycles. The summed E-state index contributed by atoms with van der Waals surface area (Å²) in [7, 11) is 0.662. The van der Waals surface area contributed by atoms with Crippen LogP contribution in [0.4, 0.5) is 0 Å². The fourth-order valence-corrected chi connectivity index (χ4v) is 4.11. The molecular formula is C38H84O7Si. The van der Waals surface area contributed by atoms with Crippen molar-refractivity contribution >= 4 is 20.0 Å². The van der Waals surface area contributed by atoms with Crippen LogP contribution in [0.3, 0.4) is 0 Å². The van der Waals surface area contributed by atoms with Crippen LogP contribution in [0.15, 0.2) is 24.3 Å². The minimum Gasteiger partial charge on any atom is -0.508 e. The van der Waals surface area contributed by atoms with Gasteiger partial charge in [0.15, 0.2) is 0 Å². The van der Waals surface area contributed by atoms with Crippen molar-refractivity contribution < 1.29 is 33.6 Å². The van der Waals surface area contributed by atoms with Gasteiger partial charge in [0.1, 0.15) is 12.4 Å². The number of carbonyl (C=O) groups excluding carboxylic acids is 2. The van der Waals surface area contributed by atoms with Crippen LogP contribution in [0, 0.1) is 11.3 Å². The molecule has 1 rings (SSSR count). The summed E-state index contributed by atoms with van der Waals surface area (Å²) in [5.41, 5.74) is 0.900. The van der Waals surface area contributed by atoms with Gasteiger partial charge in [-0.1, -0.05) is 117 Å². The fourth-order valence-electron chi connectivity index (χ4n) is 2.90. The molecule has 0 heterocycles. The fraction of sp³-hybridized carbons (Fsp3) is 0.789. The highest BCUT2D eigenvalue weighted by Crippen LogP contribution is 2.21. The van der Waals surface area contributed by atoms with Crippen LogP contribution in [0.2, 0.25) is 25.7 Å². The van der Waals surface area contributed by atoms with Crippen LogP contribution >= 0.6 is 0 Å². The van der Waals surface area contributed by atoms with Crippen molar-refractivity contribution in [1.29, 1.82) is 0 Å². The van der Waals surface area contributed by atoms with Gasteiger partial charge in [-0.2, -0.15) is 0 Å². The zero-order valence-corrected chi connectivity index (χ0v) is 28.4. The summed E-state index contributed by atoms with van der Waals surface area (Å²) in [5, 5.41) is 9.01. The zero-order chi connectivity index (χ0) is 31.2. The van der Waals surface area contributed by atoms with Crippen molar-refractivity contribution in [2.75, 3.05) is 40.1 Å². The molecule has 0 aliphatic carbocycles. The first-order valence-electron chi connectivity index (χ1n) is 14.8. The second-order valence-corrected chi connectivity index (χ2v) is 17.6. The van der Waals surface area contributed by atoms with E-state index in [9.17, 15) is 9.59 Å². The molecule has 0 spiro atoms. The van der Waals surface area contributed by atoms with Gasteiger partial charge < -0.3 is 24.1 Å². The molecule has 8 heteroatoms. The molecule has 282 valence electrons. The molecule has 0 aliphatic heterocycles. The summed E-state index contributed by atoms with van der Waals surface area (Å²) < 4.78 is 20.2. The van der Waals surface area contributed by atoms with Crippen LogP contribution in [-0.2, 0) is 28.5 Å². The Morgan fingerprint density at radius 2 is 1.28 bits per heavy atom. The number of rotatable bonds is 16. The minimum atomic E-state index is -0.956. The summed E-state index contributed by atoms with van der Waals surface area (Å²) in [5.74, 6) is 0.790. The average Bonchev–Trinajstić information content (AvgIpc) is 2.92. The van der Waals surface area contributed by atoms with Gasteiger partial charge in [-0.3, -0.25) is 9.59 Å². The van der Waals surface area contributed by atoms with E-state index in [2.05, 4.69) is 33.5 Å². The highest BCUT2D eigenvalue weighted by atomic mass is 28.3. The van der Waals surface area contributed by atoms with Gasteiger partial charge in [0.25, 0.3) is 0 Å². The van der Waals surface area contributed by atoms with E-state index in [1.54, 1.807) is 19.2 Å². The summed E-state index contributed by atoms with van der Waals surface area (Å²) >= 11 is 0. The molecule has 0 aromatic heterocycles. The number of methoxy groups -OCH3 is 1. The Kier molecular flexibility index (Phi) is 49.1. The Labute approximate surface area is 290 Å². The molecule has 7 nitrogen and oxygen atoms in total. The van der Waals surface area contributed by atoms with Crippen molar-refractivity contribution in [3.8, 4) is 5.75 Å². The van der Waals surface area contributed by atoms with Crippen LogP contribution < -0.4 is 0 Å². The standard InChI is InChI=1S/C11H22O4.C11H24O2Si.C10H14O.6CH4/c1-5-11(2,3)10(12)15-9-8-14-7-6-13-4;1-6-10(2)11(12)13-8-7-9-14(3,4)5;1-3-8(2)9-4-6-10(11)7-5-9;;;;;;/h5-9H2,1-4H3;10H,6-9H2,1-5H3;4-8,11H,3H2,1-2H3;6*1H4. The van der Waals surface area contributed by atoms with E-state index in [4.69, 9.17) is 24.1 Å². The lowest BCUT2D eigenvalue weighted by atomic mass is 9.91. The van der Waals surface area contributed by atoms with Crippen molar-refractivity contribution in [2.24, 2.45) is 11.3 Å². The predicted molar refractivity (Wildman–Crippen MR) is 208 cm³/mol. The molecule has 0 saturated heterocycles. The Bertz CT molecular complexity index is 774. The topological polar surface area (TPSA) is 91.3 Å².